The number of fused-ring (bicyclic) bond motifs is 1. The molecule has 0 fully saturated rings. The summed E-state index contributed by atoms with van der Waals surface area (Å²) >= 11 is 0. The van der Waals surface area contributed by atoms with Crippen molar-refractivity contribution in [3.63, 3.8) is 0 Å². The molecule has 1 aliphatic heterocycles. The second-order valence-electron chi connectivity index (χ2n) is 2.84. The molecule has 1 unspecified atom stereocenters. The monoisotopic (exact) mass is 184 g/mol. The highest BCUT2D eigenvalue weighted by Crippen LogP contribution is 2.32. The molecule has 0 bridgehead atoms. The number of benzene rings is 1. The van der Waals surface area contributed by atoms with E-state index >= 15 is 0 Å². The first kappa shape index (κ1) is 7.76. The summed E-state index contributed by atoms with van der Waals surface area (Å²) in [6, 6.07) is 6.56. The first-order valence-electron chi connectivity index (χ1n) is 3.61. The van der Waals surface area contributed by atoms with E-state index in [9.17, 15) is 13.5 Å². The first-order valence-corrected chi connectivity index (χ1v) is 5.26. The maximum absolute atomic E-state index is 11.3. The van der Waals surface area contributed by atoms with Gasteiger partial charge in [-0.05, 0) is 6.07 Å². The van der Waals surface area contributed by atoms with Crippen molar-refractivity contribution in [2.24, 2.45) is 0 Å². The fraction of sp³-hybridized carbons (Fsp3) is 0.250. The van der Waals surface area contributed by atoms with Crippen LogP contribution in [0, 0.1) is 0 Å². The molecule has 0 saturated carbocycles. The number of hydrogen-bond acceptors (Lipinski definition) is 3. The third-order valence-electron chi connectivity index (χ3n) is 1.99. The van der Waals surface area contributed by atoms with Gasteiger partial charge in [-0.3, -0.25) is 0 Å². The third kappa shape index (κ3) is 0.956. The molecule has 2 rings (SSSR count). The molecular weight excluding hydrogens is 176 g/mol. The molecule has 12 heavy (non-hydrogen) atoms. The highest BCUT2D eigenvalue weighted by atomic mass is 32.2. The van der Waals surface area contributed by atoms with E-state index in [1.165, 1.54) is 6.07 Å². The molecule has 64 valence electrons. The van der Waals surface area contributed by atoms with E-state index in [0.29, 0.717) is 5.56 Å². The van der Waals surface area contributed by atoms with Gasteiger partial charge in [-0.25, -0.2) is 8.42 Å². The Hall–Kier alpha value is -0.870. The standard InChI is InChI=1S/C8H8O3S/c9-7-5-12(10,11)8-4-2-1-3-6(7)8/h1-4,7,9H,5H2. The molecule has 0 amide bonds. The van der Waals surface area contributed by atoms with Crippen molar-refractivity contribution in [2.45, 2.75) is 11.0 Å². The molecule has 0 spiro atoms. The smallest absolute Gasteiger partial charge is 0.181 e. The number of aliphatic hydroxyl groups excluding tert-OH is 1. The summed E-state index contributed by atoms with van der Waals surface area (Å²) in [4.78, 5) is 0.275. The van der Waals surface area contributed by atoms with Gasteiger partial charge in [0, 0.05) is 5.56 Å². The quantitative estimate of drug-likeness (QED) is 0.639. The van der Waals surface area contributed by atoms with E-state index in [2.05, 4.69) is 0 Å². The lowest BCUT2D eigenvalue weighted by Gasteiger charge is -1.98. The summed E-state index contributed by atoms with van der Waals surface area (Å²) in [6.07, 6.45) is -0.841. The molecule has 0 saturated heterocycles. The predicted molar refractivity (Wildman–Crippen MR) is 43.5 cm³/mol. The van der Waals surface area contributed by atoms with E-state index in [0.717, 1.165) is 0 Å². The summed E-state index contributed by atoms with van der Waals surface area (Å²) in [5, 5.41) is 9.34. The van der Waals surface area contributed by atoms with Gasteiger partial charge in [0.1, 0.15) is 0 Å². The van der Waals surface area contributed by atoms with Crippen LogP contribution in [0.3, 0.4) is 0 Å². The number of rotatable bonds is 0. The lowest BCUT2D eigenvalue weighted by Crippen LogP contribution is -2.01. The van der Waals surface area contributed by atoms with Crippen molar-refractivity contribution in [1.82, 2.24) is 0 Å². The van der Waals surface area contributed by atoms with Crippen molar-refractivity contribution < 1.29 is 13.5 Å². The van der Waals surface area contributed by atoms with Crippen LogP contribution in [-0.4, -0.2) is 19.3 Å². The molecule has 3 nitrogen and oxygen atoms in total. The maximum Gasteiger partial charge on any atom is 0.181 e. The molecule has 1 aromatic carbocycles. The largest absolute Gasteiger partial charge is 0.387 e. The number of sulfone groups is 1. The van der Waals surface area contributed by atoms with Crippen LogP contribution in [0.2, 0.25) is 0 Å². The molecular formula is C8H8O3S. The molecule has 1 aromatic rings. The zero-order chi connectivity index (χ0) is 8.77. The second-order valence-corrected chi connectivity index (χ2v) is 4.84. The molecule has 1 aliphatic rings. The van der Waals surface area contributed by atoms with Crippen molar-refractivity contribution >= 4 is 9.84 Å². The predicted octanol–water partition coefficient (Wildman–Crippen LogP) is 0.507. The Kier molecular flexibility index (Phi) is 1.49. The summed E-state index contributed by atoms with van der Waals surface area (Å²) in [6.45, 7) is 0. The van der Waals surface area contributed by atoms with Crippen LogP contribution < -0.4 is 0 Å². The molecule has 0 aromatic heterocycles. The highest BCUT2D eigenvalue weighted by Gasteiger charge is 2.32. The Morgan fingerprint density at radius 1 is 1.33 bits per heavy atom. The van der Waals surface area contributed by atoms with Crippen LogP contribution in [0.15, 0.2) is 29.2 Å². The van der Waals surface area contributed by atoms with Crippen LogP contribution in [0.4, 0.5) is 0 Å². The summed E-state index contributed by atoms with van der Waals surface area (Å²) in [5.74, 6) is -0.174. The van der Waals surface area contributed by atoms with Gasteiger partial charge in [0.15, 0.2) is 9.84 Å². The van der Waals surface area contributed by atoms with Crippen LogP contribution >= 0.6 is 0 Å². The Morgan fingerprint density at radius 2 is 2.00 bits per heavy atom. The van der Waals surface area contributed by atoms with Crippen molar-refractivity contribution in [2.75, 3.05) is 5.75 Å². The minimum Gasteiger partial charge on any atom is -0.387 e. The van der Waals surface area contributed by atoms with Crippen LogP contribution in [0.1, 0.15) is 11.7 Å². The Labute approximate surface area is 70.6 Å². The summed E-state index contributed by atoms with van der Waals surface area (Å²) < 4.78 is 22.6. The average Bonchev–Trinajstić information content (AvgIpc) is 2.25. The van der Waals surface area contributed by atoms with Crippen molar-refractivity contribution in [3.05, 3.63) is 29.8 Å². The lowest BCUT2D eigenvalue weighted by atomic mass is 10.1. The first-order chi connectivity index (χ1) is 5.61. The zero-order valence-corrected chi connectivity index (χ0v) is 7.08. The Bertz CT molecular complexity index is 408. The minimum absolute atomic E-state index is 0.174. The number of hydrogen-bond donors (Lipinski definition) is 1. The van der Waals surface area contributed by atoms with Crippen molar-refractivity contribution in [3.8, 4) is 0 Å². The van der Waals surface area contributed by atoms with Crippen LogP contribution in [-0.2, 0) is 9.84 Å². The maximum atomic E-state index is 11.3. The molecule has 0 aliphatic carbocycles. The molecule has 0 radical (unpaired) electrons. The van der Waals surface area contributed by atoms with Gasteiger partial charge in [0.2, 0.25) is 0 Å². The van der Waals surface area contributed by atoms with E-state index < -0.39 is 15.9 Å². The average molecular weight is 184 g/mol. The molecule has 4 heteroatoms. The minimum atomic E-state index is -3.20. The molecule has 1 atom stereocenters. The molecule has 1 heterocycles. The Balaban J connectivity index is 2.74. The van der Waals surface area contributed by atoms with Gasteiger partial charge >= 0.3 is 0 Å². The highest BCUT2D eigenvalue weighted by molar-refractivity contribution is 7.91. The lowest BCUT2D eigenvalue weighted by molar-refractivity contribution is 0.204. The zero-order valence-electron chi connectivity index (χ0n) is 6.27. The van der Waals surface area contributed by atoms with Gasteiger partial charge in [0.25, 0.3) is 0 Å². The number of aliphatic hydroxyl groups is 1. The SMILES string of the molecule is O=S1(=O)CC(O)c2ccccc21. The summed E-state index contributed by atoms with van der Waals surface area (Å²) in [7, 11) is -3.20. The van der Waals surface area contributed by atoms with Gasteiger partial charge in [0.05, 0.1) is 16.8 Å². The second kappa shape index (κ2) is 2.31. The van der Waals surface area contributed by atoms with E-state index in [-0.39, 0.29) is 10.6 Å². The van der Waals surface area contributed by atoms with Gasteiger partial charge < -0.3 is 5.11 Å². The normalized spacial score (nSPS) is 25.2. The van der Waals surface area contributed by atoms with E-state index in [1.807, 2.05) is 0 Å². The fourth-order valence-corrected chi connectivity index (χ4v) is 3.05. The Morgan fingerprint density at radius 3 is 2.67 bits per heavy atom. The van der Waals surface area contributed by atoms with Crippen molar-refractivity contribution in [1.29, 1.82) is 0 Å². The topological polar surface area (TPSA) is 54.4 Å². The van der Waals surface area contributed by atoms with E-state index in [4.69, 9.17) is 0 Å². The van der Waals surface area contributed by atoms with Gasteiger partial charge in [-0.15, -0.1) is 0 Å². The van der Waals surface area contributed by atoms with Crippen LogP contribution in [0.25, 0.3) is 0 Å². The molecule has 1 N–H and O–H groups in total. The third-order valence-corrected chi connectivity index (χ3v) is 3.79. The fourth-order valence-electron chi connectivity index (χ4n) is 1.43. The van der Waals surface area contributed by atoms with Crippen LogP contribution in [0.5, 0.6) is 0 Å². The summed E-state index contributed by atoms with van der Waals surface area (Å²) in [5.41, 5.74) is 0.525. The van der Waals surface area contributed by atoms with Gasteiger partial charge in [-0.1, -0.05) is 18.2 Å². The van der Waals surface area contributed by atoms with E-state index in [1.54, 1.807) is 18.2 Å². The van der Waals surface area contributed by atoms with Gasteiger partial charge in [-0.2, -0.15) is 0 Å².